The molecule has 2 aromatic carbocycles. The number of nitrogens with zero attached hydrogens (tertiary/aromatic N) is 1. The molecular weight excluding hydrogens is 252 g/mol. The summed E-state index contributed by atoms with van der Waals surface area (Å²) in [6, 6.07) is 17.1. The average Bonchev–Trinajstić information content (AvgIpc) is 2.86. The zero-order valence-electron chi connectivity index (χ0n) is 11.0. The molecule has 0 aliphatic carbocycles. The first-order valence-electron chi connectivity index (χ1n) is 6.31. The van der Waals surface area contributed by atoms with E-state index in [9.17, 15) is 9.90 Å². The number of carboxylic acid groups (broad SMARTS) is 1. The van der Waals surface area contributed by atoms with Crippen molar-refractivity contribution in [3.63, 3.8) is 0 Å². The van der Waals surface area contributed by atoms with Gasteiger partial charge in [-0.1, -0.05) is 36.4 Å². The molecule has 4 nitrogen and oxygen atoms in total. The van der Waals surface area contributed by atoms with E-state index >= 15 is 0 Å². The number of fused-ring (bicyclic) bond motifs is 1. The minimum atomic E-state index is -0.930. The van der Waals surface area contributed by atoms with Crippen LogP contribution in [0.3, 0.4) is 0 Å². The summed E-state index contributed by atoms with van der Waals surface area (Å²) in [5.74, 6) is -0.342. The minimum absolute atomic E-state index is 0.298. The summed E-state index contributed by atoms with van der Waals surface area (Å²) in [4.78, 5) is 16.6. The number of hydrogen-bond donors (Lipinski definition) is 2. The molecule has 4 heteroatoms. The summed E-state index contributed by atoms with van der Waals surface area (Å²) in [6.07, 6.45) is 0. The SMILES string of the molecule is CN(c1ccccc1)c1[nH]c2ccccc2c1C(=O)O. The van der Waals surface area contributed by atoms with E-state index in [2.05, 4.69) is 4.98 Å². The third-order valence-corrected chi connectivity index (χ3v) is 3.38. The quantitative estimate of drug-likeness (QED) is 0.761. The highest BCUT2D eigenvalue weighted by molar-refractivity contribution is 6.09. The lowest BCUT2D eigenvalue weighted by Gasteiger charge is -2.18. The second kappa shape index (κ2) is 4.74. The standard InChI is InChI=1S/C16H14N2O2/c1-18(11-7-3-2-4-8-11)15-14(16(19)20)12-9-5-6-10-13(12)17-15/h2-10,17H,1H3,(H,19,20). The lowest BCUT2D eigenvalue weighted by atomic mass is 10.1. The number of aromatic amines is 1. The summed E-state index contributed by atoms with van der Waals surface area (Å²) in [7, 11) is 1.85. The summed E-state index contributed by atoms with van der Waals surface area (Å²) in [6.45, 7) is 0. The van der Waals surface area contributed by atoms with Crippen LogP contribution in [0, 0.1) is 0 Å². The maximum absolute atomic E-state index is 11.6. The molecule has 100 valence electrons. The van der Waals surface area contributed by atoms with Crippen LogP contribution in [-0.4, -0.2) is 23.1 Å². The number of anilines is 2. The fraction of sp³-hybridized carbons (Fsp3) is 0.0625. The Kier molecular flexibility index (Phi) is 2.91. The van der Waals surface area contributed by atoms with Crippen LogP contribution >= 0.6 is 0 Å². The van der Waals surface area contributed by atoms with Crippen molar-refractivity contribution in [3.05, 3.63) is 60.2 Å². The smallest absolute Gasteiger partial charge is 0.340 e. The Morgan fingerprint density at radius 1 is 1.05 bits per heavy atom. The van der Waals surface area contributed by atoms with Crippen molar-refractivity contribution in [2.75, 3.05) is 11.9 Å². The van der Waals surface area contributed by atoms with Gasteiger partial charge < -0.3 is 15.0 Å². The van der Waals surface area contributed by atoms with E-state index in [0.29, 0.717) is 11.4 Å². The van der Waals surface area contributed by atoms with E-state index in [1.165, 1.54) is 0 Å². The number of H-pyrrole nitrogens is 1. The van der Waals surface area contributed by atoms with Crippen molar-refractivity contribution in [1.82, 2.24) is 4.98 Å². The predicted octanol–water partition coefficient (Wildman–Crippen LogP) is 3.63. The molecule has 0 saturated heterocycles. The molecule has 0 fully saturated rings. The van der Waals surface area contributed by atoms with Crippen molar-refractivity contribution in [1.29, 1.82) is 0 Å². The number of para-hydroxylation sites is 2. The van der Waals surface area contributed by atoms with Crippen molar-refractivity contribution in [2.24, 2.45) is 0 Å². The molecule has 0 saturated carbocycles. The zero-order valence-corrected chi connectivity index (χ0v) is 11.0. The van der Waals surface area contributed by atoms with Gasteiger partial charge in [-0.05, 0) is 18.2 Å². The highest BCUT2D eigenvalue weighted by Crippen LogP contribution is 2.32. The number of aromatic nitrogens is 1. The molecule has 0 bridgehead atoms. The van der Waals surface area contributed by atoms with E-state index in [4.69, 9.17) is 0 Å². The Morgan fingerprint density at radius 3 is 2.40 bits per heavy atom. The van der Waals surface area contributed by atoms with E-state index in [1.807, 2.05) is 66.5 Å². The molecule has 1 heterocycles. The van der Waals surface area contributed by atoms with Crippen LogP contribution < -0.4 is 4.90 Å². The van der Waals surface area contributed by atoms with Crippen LogP contribution in [0.4, 0.5) is 11.5 Å². The lowest BCUT2D eigenvalue weighted by Crippen LogP contribution is -2.13. The summed E-state index contributed by atoms with van der Waals surface area (Å²) < 4.78 is 0. The lowest BCUT2D eigenvalue weighted by molar-refractivity contribution is 0.0700. The Morgan fingerprint density at radius 2 is 1.70 bits per heavy atom. The van der Waals surface area contributed by atoms with Gasteiger partial charge in [-0.15, -0.1) is 0 Å². The highest BCUT2D eigenvalue weighted by Gasteiger charge is 2.20. The number of hydrogen-bond acceptors (Lipinski definition) is 2. The van der Waals surface area contributed by atoms with Crippen LogP contribution in [0.1, 0.15) is 10.4 Å². The van der Waals surface area contributed by atoms with Gasteiger partial charge in [0.05, 0.1) is 0 Å². The number of aromatic carboxylic acids is 1. The van der Waals surface area contributed by atoms with E-state index in [1.54, 1.807) is 0 Å². The summed E-state index contributed by atoms with van der Waals surface area (Å²) >= 11 is 0. The van der Waals surface area contributed by atoms with Crippen molar-refractivity contribution in [2.45, 2.75) is 0 Å². The molecule has 0 unspecified atom stereocenters. The normalized spacial score (nSPS) is 10.7. The first-order valence-corrected chi connectivity index (χ1v) is 6.31. The molecule has 1 aromatic heterocycles. The number of carbonyl (C=O) groups is 1. The maximum Gasteiger partial charge on any atom is 0.340 e. The van der Waals surface area contributed by atoms with Gasteiger partial charge >= 0.3 is 5.97 Å². The molecule has 2 N–H and O–H groups in total. The molecule has 3 aromatic rings. The molecular formula is C16H14N2O2. The van der Waals surface area contributed by atoms with Gasteiger partial charge in [0.1, 0.15) is 11.4 Å². The largest absolute Gasteiger partial charge is 0.478 e. The third kappa shape index (κ3) is 1.91. The number of rotatable bonds is 3. The van der Waals surface area contributed by atoms with Gasteiger partial charge in [0, 0.05) is 23.6 Å². The predicted molar refractivity (Wildman–Crippen MR) is 79.8 cm³/mol. The first-order chi connectivity index (χ1) is 9.68. The topological polar surface area (TPSA) is 56.3 Å². The van der Waals surface area contributed by atoms with Crippen LogP contribution in [0.15, 0.2) is 54.6 Å². The van der Waals surface area contributed by atoms with Crippen LogP contribution in [0.5, 0.6) is 0 Å². The van der Waals surface area contributed by atoms with Crippen LogP contribution in [0.2, 0.25) is 0 Å². The molecule has 0 spiro atoms. The van der Waals surface area contributed by atoms with Crippen molar-refractivity contribution in [3.8, 4) is 0 Å². The molecule has 20 heavy (non-hydrogen) atoms. The maximum atomic E-state index is 11.6. The molecule has 0 aliphatic heterocycles. The Hall–Kier alpha value is -2.75. The van der Waals surface area contributed by atoms with Gasteiger partial charge in [-0.3, -0.25) is 0 Å². The second-order valence-corrected chi connectivity index (χ2v) is 4.59. The third-order valence-electron chi connectivity index (χ3n) is 3.38. The van der Waals surface area contributed by atoms with Crippen LogP contribution in [0.25, 0.3) is 10.9 Å². The fourth-order valence-corrected chi connectivity index (χ4v) is 2.38. The Bertz CT molecular complexity index is 763. The van der Waals surface area contributed by atoms with Crippen molar-refractivity contribution < 1.29 is 9.90 Å². The van der Waals surface area contributed by atoms with E-state index in [-0.39, 0.29) is 0 Å². The van der Waals surface area contributed by atoms with Gasteiger partial charge in [-0.25, -0.2) is 4.79 Å². The first kappa shape index (κ1) is 12.3. The molecule has 0 amide bonds. The van der Waals surface area contributed by atoms with Gasteiger partial charge in [0.2, 0.25) is 0 Å². The molecule has 0 aliphatic rings. The van der Waals surface area contributed by atoms with E-state index < -0.39 is 5.97 Å². The highest BCUT2D eigenvalue weighted by atomic mass is 16.4. The Labute approximate surface area is 116 Å². The van der Waals surface area contributed by atoms with Gasteiger partial charge in [-0.2, -0.15) is 0 Å². The number of benzene rings is 2. The van der Waals surface area contributed by atoms with Crippen molar-refractivity contribution >= 4 is 28.4 Å². The van der Waals surface area contributed by atoms with Gasteiger partial charge in [0.25, 0.3) is 0 Å². The van der Waals surface area contributed by atoms with Gasteiger partial charge in [0.15, 0.2) is 0 Å². The number of carboxylic acids is 1. The number of nitrogens with one attached hydrogen (secondary N) is 1. The monoisotopic (exact) mass is 266 g/mol. The fourth-order valence-electron chi connectivity index (χ4n) is 2.38. The molecule has 0 radical (unpaired) electrons. The van der Waals surface area contributed by atoms with E-state index in [0.717, 1.165) is 16.6 Å². The zero-order chi connectivity index (χ0) is 14.1. The Balaban J connectivity index is 2.21. The molecule has 3 rings (SSSR count). The second-order valence-electron chi connectivity index (χ2n) is 4.59. The molecule has 0 atom stereocenters. The van der Waals surface area contributed by atoms with Crippen LogP contribution in [-0.2, 0) is 0 Å². The average molecular weight is 266 g/mol. The summed E-state index contributed by atoms with van der Waals surface area (Å²) in [5.41, 5.74) is 2.05. The summed E-state index contributed by atoms with van der Waals surface area (Å²) in [5, 5.41) is 10.2. The minimum Gasteiger partial charge on any atom is -0.478 e.